The van der Waals surface area contributed by atoms with Crippen molar-refractivity contribution in [2.24, 2.45) is 0 Å². The minimum Gasteiger partial charge on any atom is -0.507 e. The van der Waals surface area contributed by atoms with Crippen molar-refractivity contribution in [1.29, 1.82) is 0 Å². The fraction of sp³-hybridized carbons (Fsp3) is 0.125. The molecule has 6 rings (SSSR count). The summed E-state index contributed by atoms with van der Waals surface area (Å²) in [6.45, 7) is 0. The molecule has 8 nitrogen and oxygen atoms in total. The number of aliphatic hydroxyl groups excluding tert-OH is 1. The van der Waals surface area contributed by atoms with Crippen LogP contribution >= 0.6 is 34.7 Å². The van der Waals surface area contributed by atoms with Crippen molar-refractivity contribution in [3.8, 4) is 11.5 Å². The molecule has 5 aromatic rings. The van der Waals surface area contributed by atoms with Crippen molar-refractivity contribution in [2.45, 2.75) is 16.1 Å². The van der Waals surface area contributed by atoms with Gasteiger partial charge in [0.05, 0.1) is 25.8 Å². The van der Waals surface area contributed by atoms with Crippen molar-refractivity contribution in [3.63, 3.8) is 0 Å². The zero-order valence-electron chi connectivity index (χ0n) is 23.0. The second kappa shape index (κ2) is 12.1. The molecule has 0 aliphatic carbocycles. The van der Waals surface area contributed by atoms with Crippen LogP contribution < -0.4 is 14.4 Å². The normalized spacial score (nSPS) is 16.2. The second-order valence-electron chi connectivity index (χ2n) is 9.57. The number of ether oxygens (including phenoxy) is 2. The number of thioether (sulfide) groups is 1. The summed E-state index contributed by atoms with van der Waals surface area (Å²) >= 11 is 9.02. The van der Waals surface area contributed by atoms with E-state index in [1.165, 1.54) is 42.2 Å². The zero-order chi connectivity index (χ0) is 30.1. The lowest BCUT2D eigenvalue weighted by molar-refractivity contribution is -0.132. The van der Waals surface area contributed by atoms with Gasteiger partial charge in [-0.05, 0) is 52.2 Å². The van der Waals surface area contributed by atoms with E-state index < -0.39 is 17.7 Å². The van der Waals surface area contributed by atoms with Gasteiger partial charge >= 0.3 is 5.91 Å². The monoisotopic (exact) mass is 629 g/mol. The molecule has 1 aliphatic heterocycles. The van der Waals surface area contributed by atoms with Crippen LogP contribution in [-0.4, -0.2) is 41.2 Å². The number of Topliss-reactive ketones (excluding diaryl/α,β-unsaturated/α-hetero) is 1. The first kappa shape index (κ1) is 28.7. The standard InChI is InChI=1S/C32H24ClN3O5S2/c1-40-24-14-13-20(16-25(24)41-2)28(37)26-27(19-9-6-11-22(33)15-19)36(30(39)29(26)38)31-34-35-32(43-31)42-17-21-10-5-8-18-7-3-4-12-23(18)21/h3-16,27,37H,17H2,1-2H3. The van der Waals surface area contributed by atoms with Crippen LogP contribution in [0.4, 0.5) is 5.13 Å². The second-order valence-corrected chi connectivity index (χ2v) is 12.2. The van der Waals surface area contributed by atoms with Crippen LogP contribution in [0.25, 0.3) is 16.5 Å². The molecule has 4 aromatic carbocycles. The van der Waals surface area contributed by atoms with Gasteiger partial charge in [0.1, 0.15) is 5.76 Å². The van der Waals surface area contributed by atoms with Crippen molar-refractivity contribution in [3.05, 3.63) is 112 Å². The van der Waals surface area contributed by atoms with Crippen LogP contribution in [0.5, 0.6) is 11.5 Å². The van der Waals surface area contributed by atoms with Crippen molar-refractivity contribution in [2.75, 3.05) is 19.1 Å². The van der Waals surface area contributed by atoms with Crippen LogP contribution in [0, 0.1) is 0 Å². The number of fused-ring (bicyclic) bond motifs is 1. The van der Waals surface area contributed by atoms with Crippen molar-refractivity contribution < 1.29 is 24.2 Å². The lowest BCUT2D eigenvalue weighted by atomic mass is 9.95. The average Bonchev–Trinajstić information content (AvgIpc) is 3.60. The molecule has 2 heterocycles. The molecule has 1 aliphatic rings. The van der Waals surface area contributed by atoms with Crippen molar-refractivity contribution in [1.82, 2.24) is 10.2 Å². The number of hydrogen-bond acceptors (Lipinski definition) is 9. The third kappa shape index (κ3) is 5.45. The highest BCUT2D eigenvalue weighted by Gasteiger charge is 2.48. The Bertz CT molecular complexity index is 1900. The highest BCUT2D eigenvalue weighted by molar-refractivity contribution is 8.00. The Morgan fingerprint density at radius 1 is 0.953 bits per heavy atom. The third-order valence-electron chi connectivity index (χ3n) is 7.10. The first-order chi connectivity index (χ1) is 20.9. The van der Waals surface area contributed by atoms with E-state index in [9.17, 15) is 14.7 Å². The van der Waals surface area contributed by atoms with E-state index in [1.54, 1.807) is 42.5 Å². The number of anilines is 1. The maximum absolute atomic E-state index is 13.6. The van der Waals surface area contributed by atoms with Crippen molar-refractivity contribution >= 4 is 68.1 Å². The Labute approximate surface area is 260 Å². The van der Waals surface area contributed by atoms with Gasteiger partial charge in [0, 0.05) is 16.3 Å². The maximum Gasteiger partial charge on any atom is 0.301 e. The number of nitrogens with zero attached hydrogens (tertiary/aromatic N) is 3. The first-order valence-electron chi connectivity index (χ1n) is 13.1. The summed E-state index contributed by atoms with van der Waals surface area (Å²) in [6, 6.07) is 24.9. The molecule has 1 aromatic heterocycles. The van der Waals surface area contributed by atoms with Gasteiger partial charge in [-0.15, -0.1) is 10.2 Å². The minimum absolute atomic E-state index is 0.0976. The summed E-state index contributed by atoms with van der Waals surface area (Å²) in [5, 5.41) is 23.1. The summed E-state index contributed by atoms with van der Waals surface area (Å²) in [7, 11) is 2.97. The summed E-state index contributed by atoms with van der Waals surface area (Å²) in [5.74, 6) is -0.579. The molecule has 1 atom stereocenters. The van der Waals surface area contributed by atoms with Crippen LogP contribution in [0.3, 0.4) is 0 Å². The van der Waals surface area contributed by atoms with E-state index in [-0.39, 0.29) is 22.0 Å². The number of hydrogen-bond donors (Lipinski definition) is 1. The predicted octanol–water partition coefficient (Wildman–Crippen LogP) is 7.28. The maximum atomic E-state index is 13.6. The molecule has 0 spiro atoms. The fourth-order valence-electron chi connectivity index (χ4n) is 5.08. The Hall–Kier alpha value is -4.38. The van der Waals surface area contributed by atoms with E-state index >= 15 is 0 Å². The Morgan fingerprint density at radius 3 is 2.51 bits per heavy atom. The van der Waals surface area contributed by atoms with Crippen LogP contribution in [0.1, 0.15) is 22.7 Å². The molecule has 43 heavy (non-hydrogen) atoms. The molecule has 1 N–H and O–H groups in total. The Morgan fingerprint density at radius 2 is 1.72 bits per heavy atom. The molecular formula is C32H24ClN3O5S2. The van der Waals surface area contributed by atoms with E-state index in [1.807, 2.05) is 18.2 Å². The number of methoxy groups -OCH3 is 2. The molecule has 1 saturated heterocycles. The topological polar surface area (TPSA) is 102 Å². The number of aromatic nitrogens is 2. The molecule has 216 valence electrons. The number of benzene rings is 4. The van der Waals surface area contributed by atoms with Gasteiger partial charge in [-0.25, -0.2) is 0 Å². The lowest BCUT2D eigenvalue weighted by Crippen LogP contribution is -2.29. The van der Waals surface area contributed by atoms with Gasteiger partial charge in [-0.1, -0.05) is 89.3 Å². The third-order valence-corrected chi connectivity index (χ3v) is 9.44. The number of aliphatic hydroxyl groups is 1. The smallest absolute Gasteiger partial charge is 0.301 e. The molecule has 11 heteroatoms. The number of halogens is 1. The quantitative estimate of drug-likeness (QED) is 0.0628. The molecular weight excluding hydrogens is 606 g/mol. The van der Waals surface area contributed by atoms with Gasteiger partial charge in [-0.3, -0.25) is 14.5 Å². The minimum atomic E-state index is -0.990. The fourth-order valence-corrected chi connectivity index (χ4v) is 7.15. The van der Waals surface area contributed by atoms with Gasteiger partial charge in [0.25, 0.3) is 5.78 Å². The molecule has 1 amide bonds. The van der Waals surface area contributed by atoms with Gasteiger partial charge < -0.3 is 14.6 Å². The molecule has 1 fully saturated rings. The highest BCUT2D eigenvalue weighted by Crippen LogP contribution is 2.45. The SMILES string of the molecule is COc1ccc(C(O)=C2C(=O)C(=O)N(c3nnc(SCc4cccc5ccccc45)s3)C2c2cccc(Cl)c2)cc1OC. The number of rotatable bonds is 8. The number of ketones is 1. The predicted molar refractivity (Wildman–Crippen MR) is 169 cm³/mol. The van der Waals surface area contributed by atoms with Gasteiger partial charge in [0.2, 0.25) is 5.13 Å². The van der Waals surface area contributed by atoms with E-state index in [0.717, 1.165) is 16.3 Å². The van der Waals surface area contributed by atoms with E-state index in [4.69, 9.17) is 21.1 Å². The molecule has 0 saturated carbocycles. The number of carbonyl (C=O) groups excluding carboxylic acids is 2. The number of carbonyl (C=O) groups is 2. The summed E-state index contributed by atoms with van der Waals surface area (Å²) < 4.78 is 11.3. The summed E-state index contributed by atoms with van der Waals surface area (Å²) in [4.78, 5) is 28.4. The van der Waals surface area contributed by atoms with Crippen LogP contribution in [0.15, 0.2) is 94.8 Å². The average molecular weight is 630 g/mol. The Kier molecular flexibility index (Phi) is 8.07. The largest absolute Gasteiger partial charge is 0.507 e. The van der Waals surface area contributed by atoms with Gasteiger partial charge in [0.15, 0.2) is 15.8 Å². The van der Waals surface area contributed by atoms with Crippen LogP contribution in [0.2, 0.25) is 5.02 Å². The molecule has 0 radical (unpaired) electrons. The van der Waals surface area contributed by atoms with E-state index in [0.29, 0.717) is 32.2 Å². The molecule has 0 bridgehead atoms. The Balaban J connectivity index is 1.38. The first-order valence-corrected chi connectivity index (χ1v) is 15.3. The van der Waals surface area contributed by atoms with Crippen LogP contribution in [-0.2, 0) is 15.3 Å². The highest BCUT2D eigenvalue weighted by atomic mass is 35.5. The van der Waals surface area contributed by atoms with Gasteiger partial charge in [-0.2, -0.15) is 0 Å². The zero-order valence-corrected chi connectivity index (χ0v) is 25.4. The summed E-state index contributed by atoms with van der Waals surface area (Å²) in [5.41, 5.74) is 1.87. The summed E-state index contributed by atoms with van der Waals surface area (Å²) in [6.07, 6.45) is 0. The lowest BCUT2D eigenvalue weighted by Gasteiger charge is -2.22. The van der Waals surface area contributed by atoms with E-state index in [2.05, 4.69) is 34.5 Å². The molecule has 1 unspecified atom stereocenters. The number of amides is 1.